The van der Waals surface area contributed by atoms with Crippen LogP contribution in [-0.4, -0.2) is 32.8 Å². The quantitative estimate of drug-likeness (QED) is 0.631. The Morgan fingerprint density at radius 3 is 2.43 bits per heavy atom. The van der Waals surface area contributed by atoms with Gasteiger partial charge in [-0.1, -0.05) is 32.0 Å². The molecule has 1 aromatic carbocycles. The van der Waals surface area contributed by atoms with Gasteiger partial charge in [-0.05, 0) is 49.6 Å². The molecule has 1 amide bonds. The van der Waals surface area contributed by atoms with E-state index in [1.807, 2.05) is 62.6 Å². The van der Waals surface area contributed by atoms with Crippen molar-refractivity contribution in [3.63, 3.8) is 0 Å². The lowest BCUT2D eigenvalue weighted by Crippen LogP contribution is -2.31. The van der Waals surface area contributed by atoms with Gasteiger partial charge in [0, 0.05) is 30.6 Å². The van der Waals surface area contributed by atoms with Crippen LogP contribution in [0.2, 0.25) is 0 Å². The Labute approximate surface area is 166 Å². The number of rotatable bonds is 6. The minimum absolute atomic E-state index is 0.0152. The molecule has 0 saturated carbocycles. The van der Waals surface area contributed by atoms with E-state index in [-0.39, 0.29) is 11.9 Å². The summed E-state index contributed by atoms with van der Waals surface area (Å²) >= 11 is 0. The first-order valence-corrected chi connectivity index (χ1v) is 9.66. The topological polar surface area (TPSA) is 59.0 Å². The summed E-state index contributed by atoms with van der Waals surface area (Å²) in [6.07, 6.45) is 5.31. The highest BCUT2D eigenvalue weighted by Gasteiger charge is 2.22. The highest BCUT2D eigenvalue weighted by Crippen LogP contribution is 2.25. The van der Waals surface area contributed by atoms with Gasteiger partial charge in [0.15, 0.2) is 0 Å². The molecular weight excluding hydrogens is 348 g/mol. The second kappa shape index (κ2) is 8.74. The predicted molar refractivity (Wildman–Crippen MR) is 111 cm³/mol. The number of nitrogens with zero attached hydrogens (tertiary/aromatic N) is 4. The molecule has 0 aliphatic rings. The molecule has 5 heteroatoms. The first-order chi connectivity index (χ1) is 13.5. The Kier molecular flexibility index (Phi) is 6.14. The molecule has 0 fully saturated rings. The first kappa shape index (κ1) is 19.7. The number of aryl methyl sites for hydroxylation is 2. The van der Waals surface area contributed by atoms with Crippen LogP contribution in [-0.2, 0) is 6.42 Å². The minimum Gasteiger partial charge on any atom is -0.333 e. The van der Waals surface area contributed by atoms with Crippen LogP contribution in [0.3, 0.4) is 0 Å². The lowest BCUT2D eigenvalue weighted by atomic mass is 10.0. The van der Waals surface area contributed by atoms with Gasteiger partial charge in [-0.3, -0.25) is 9.78 Å². The van der Waals surface area contributed by atoms with Crippen molar-refractivity contribution in [3.8, 4) is 11.3 Å². The van der Waals surface area contributed by atoms with Crippen LogP contribution in [0.1, 0.15) is 53.7 Å². The third-order valence-corrected chi connectivity index (χ3v) is 4.97. The van der Waals surface area contributed by atoms with Gasteiger partial charge in [0.1, 0.15) is 5.82 Å². The summed E-state index contributed by atoms with van der Waals surface area (Å²) in [4.78, 5) is 28.1. The van der Waals surface area contributed by atoms with E-state index in [1.54, 1.807) is 11.1 Å². The lowest BCUT2D eigenvalue weighted by molar-refractivity contribution is 0.0723. The Hall–Kier alpha value is -3.08. The van der Waals surface area contributed by atoms with Crippen LogP contribution in [0.4, 0.5) is 0 Å². The maximum atomic E-state index is 13.0. The zero-order chi connectivity index (χ0) is 20.1. The monoisotopic (exact) mass is 374 g/mol. The van der Waals surface area contributed by atoms with Gasteiger partial charge in [-0.2, -0.15) is 0 Å². The average Bonchev–Trinajstić information content (AvgIpc) is 2.74. The van der Waals surface area contributed by atoms with E-state index >= 15 is 0 Å². The lowest BCUT2D eigenvalue weighted by Gasteiger charge is -2.27. The number of hydrogen-bond acceptors (Lipinski definition) is 4. The van der Waals surface area contributed by atoms with E-state index in [2.05, 4.69) is 28.8 Å². The second-order valence-electron chi connectivity index (χ2n) is 6.82. The molecule has 3 aromatic rings. The van der Waals surface area contributed by atoms with Crippen LogP contribution in [0.15, 0.2) is 54.9 Å². The first-order valence-electron chi connectivity index (χ1n) is 9.66. The van der Waals surface area contributed by atoms with Gasteiger partial charge in [-0.15, -0.1) is 0 Å². The molecule has 1 atom stereocenters. The normalized spacial score (nSPS) is 11.9. The highest BCUT2D eigenvalue weighted by atomic mass is 16.2. The fraction of sp³-hybridized carbons (Fsp3) is 0.304. The van der Waals surface area contributed by atoms with Crippen LogP contribution in [0, 0.1) is 6.92 Å². The molecule has 0 bridgehead atoms. The van der Waals surface area contributed by atoms with E-state index in [9.17, 15) is 4.79 Å². The molecule has 1 unspecified atom stereocenters. The van der Waals surface area contributed by atoms with Crippen molar-refractivity contribution in [2.45, 2.75) is 39.7 Å². The molecule has 0 saturated heterocycles. The van der Waals surface area contributed by atoms with E-state index in [4.69, 9.17) is 0 Å². The van der Waals surface area contributed by atoms with Crippen molar-refractivity contribution >= 4 is 5.91 Å². The molecule has 3 rings (SSSR count). The van der Waals surface area contributed by atoms with Gasteiger partial charge in [0.05, 0.1) is 17.4 Å². The summed E-state index contributed by atoms with van der Waals surface area (Å²) in [7, 11) is 1.84. The summed E-state index contributed by atoms with van der Waals surface area (Å²) in [6, 6.07) is 13.4. The summed E-state index contributed by atoms with van der Waals surface area (Å²) in [6.45, 7) is 6.04. The fourth-order valence-corrected chi connectivity index (χ4v) is 3.37. The number of amides is 1. The van der Waals surface area contributed by atoms with Gasteiger partial charge in [-0.25, -0.2) is 9.97 Å². The van der Waals surface area contributed by atoms with E-state index < -0.39 is 0 Å². The number of aromatic nitrogens is 3. The summed E-state index contributed by atoms with van der Waals surface area (Å²) in [5.41, 5.74) is 4.59. The molecule has 2 heterocycles. The van der Waals surface area contributed by atoms with Gasteiger partial charge in [0.25, 0.3) is 5.91 Å². The number of benzene rings is 1. The van der Waals surface area contributed by atoms with E-state index in [1.165, 1.54) is 0 Å². The van der Waals surface area contributed by atoms with Crippen molar-refractivity contribution < 1.29 is 4.79 Å². The predicted octanol–water partition coefficient (Wildman–Crippen LogP) is 4.63. The van der Waals surface area contributed by atoms with Gasteiger partial charge < -0.3 is 4.90 Å². The maximum absolute atomic E-state index is 13.0. The fourth-order valence-electron chi connectivity index (χ4n) is 3.37. The van der Waals surface area contributed by atoms with Crippen molar-refractivity contribution in [2.24, 2.45) is 0 Å². The Morgan fingerprint density at radius 2 is 1.82 bits per heavy atom. The molecule has 28 heavy (non-hydrogen) atoms. The molecular formula is C23H26N4O. The van der Waals surface area contributed by atoms with Crippen LogP contribution in [0.5, 0.6) is 0 Å². The third-order valence-electron chi connectivity index (χ3n) is 4.97. The van der Waals surface area contributed by atoms with Crippen LogP contribution < -0.4 is 0 Å². The van der Waals surface area contributed by atoms with Crippen LogP contribution in [0.25, 0.3) is 11.3 Å². The van der Waals surface area contributed by atoms with E-state index in [0.29, 0.717) is 5.56 Å². The largest absolute Gasteiger partial charge is 0.333 e. The molecule has 5 nitrogen and oxygen atoms in total. The number of carbonyl (C=O) groups excluding carboxylic acids is 1. The Bertz CT molecular complexity index is 939. The maximum Gasteiger partial charge on any atom is 0.254 e. The van der Waals surface area contributed by atoms with E-state index in [0.717, 1.165) is 41.2 Å². The second-order valence-corrected chi connectivity index (χ2v) is 6.82. The standard InChI is InChI=1S/C23H26N4O/c1-5-17-15-25-16(3)26-22(17)18-10-12-19(13-11-18)23(28)27(4)21(6-2)20-9-7-8-14-24-20/h7-15,21H,5-6H2,1-4H3. The summed E-state index contributed by atoms with van der Waals surface area (Å²) < 4.78 is 0. The van der Waals surface area contributed by atoms with Crippen molar-refractivity contribution in [1.29, 1.82) is 0 Å². The molecule has 0 N–H and O–H groups in total. The van der Waals surface area contributed by atoms with Crippen molar-refractivity contribution in [1.82, 2.24) is 19.9 Å². The third kappa shape index (κ3) is 4.09. The molecule has 144 valence electrons. The van der Waals surface area contributed by atoms with Crippen LogP contribution >= 0.6 is 0 Å². The zero-order valence-corrected chi connectivity index (χ0v) is 16.9. The Balaban J connectivity index is 1.85. The SMILES string of the molecule is CCc1cnc(C)nc1-c1ccc(C(=O)N(C)C(CC)c2ccccn2)cc1. The minimum atomic E-state index is -0.0513. The Morgan fingerprint density at radius 1 is 1.07 bits per heavy atom. The number of pyridine rings is 1. The molecule has 2 aromatic heterocycles. The van der Waals surface area contributed by atoms with Crippen molar-refractivity contribution in [2.75, 3.05) is 7.05 Å². The summed E-state index contributed by atoms with van der Waals surface area (Å²) in [5.74, 6) is 0.729. The molecule has 0 radical (unpaired) electrons. The number of hydrogen-bond donors (Lipinski definition) is 0. The van der Waals surface area contributed by atoms with Crippen molar-refractivity contribution in [3.05, 3.63) is 77.5 Å². The highest BCUT2D eigenvalue weighted by molar-refractivity contribution is 5.94. The van der Waals surface area contributed by atoms with Gasteiger partial charge in [0.2, 0.25) is 0 Å². The van der Waals surface area contributed by atoms with Gasteiger partial charge >= 0.3 is 0 Å². The molecule has 0 aliphatic heterocycles. The zero-order valence-electron chi connectivity index (χ0n) is 16.9. The molecule has 0 aliphatic carbocycles. The average molecular weight is 374 g/mol. The number of carbonyl (C=O) groups is 1. The molecule has 0 spiro atoms. The smallest absolute Gasteiger partial charge is 0.254 e. The summed E-state index contributed by atoms with van der Waals surface area (Å²) in [5, 5.41) is 0.